The summed E-state index contributed by atoms with van der Waals surface area (Å²) in [4.78, 5) is 11.8. The van der Waals surface area contributed by atoms with Gasteiger partial charge in [0.15, 0.2) is 0 Å². The molecular weight excluding hydrogens is 271 g/mol. The first-order valence-electron chi connectivity index (χ1n) is 5.56. The van der Waals surface area contributed by atoms with E-state index in [9.17, 15) is 4.79 Å². The largest absolute Gasteiger partial charge is 0.338 e. The fourth-order valence-electron chi connectivity index (χ4n) is 1.38. The molecule has 0 aliphatic rings. The summed E-state index contributed by atoms with van der Waals surface area (Å²) in [6, 6.07) is 7.13. The zero-order valence-electron chi connectivity index (χ0n) is 10.3. The van der Waals surface area contributed by atoms with E-state index < -0.39 is 5.54 Å². The maximum absolute atomic E-state index is 11.8. The first kappa shape index (κ1) is 14.8. The molecule has 0 spiro atoms. The third-order valence-electron chi connectivity index (χ3n) is 2.72. The van der Waals surface area contributed by atoms with Crippen molar-refractivity contribution in [3.05, 3.63) is 33.8 Å². The number of rotatable bonds is 4. The molecule has 3 nitrogen and oxygen atoms in total. The van der Waals surface area contributed by atoms with Crippen LogP contribution in [0.25, 0.3) is 0 Å². The van der Waals surface area contributed by atoms with Gasteiger partial charge in [-0.25, -0.2) is 0 Å². The second-order valence-electron chi connectivity index (χ2n) is 4.27. The third kappa shape index (κ3) is 3.90. The van der Waals surface area contributed by atoms with Crippen molar-refractivity contribution in [3.8, 4) is 6.07 Å². The van der Waals surface area contributed by atoms with Crippen LogP contribution in [0, 0.1) is 11.3 Å². The fourth-order valence-corrected chi connectivity index (χ4v) is 1.70. The molecule has 1 atom stereocenters. The highest BCUT2D eigenvalue weighted by Crippen LogP contribution is 2.22. The molecule has 1 aromatic carbocycles. The van der Waals surface area contributed by atoms with E-state index in [0.29, 0.717) is 16.5 Å². The lowest BCUT2D eigenvalue weighted by Gasteiger charge is -2.21. The van der Waals surface area contributed by atoms with Crippen LogP contribution in [-0.4, -0.2) is 11.4 Å². The van der Waals surface area contributed by atoms with Crippen molar-refractivity contribution in [1.29, 1.82) is 5.26 Å². The molecule has 0 fully saturated rings. The molecule has 0 heterocycles. The Hall–Kier alpha value is -1.24. The van der Waals surface area contributed by atoms with Crippen LogP contribution in [0.1, 0.15) is 25.8 Å². The van der Waals surface area contributed by atoms with E-state index in [1.165, 1.54) is 0 Å². The molecule has 0 saturated carbocycles. The molecule has 1 rings (SSSR count). The Labute approximate surface area is 117 Å². The van der Waals surface area contributed by atoms with Gasteiger partial charge in [0.25, 0.3) is 0 Å². The summed E-state index contributed by atoms with van der Waals surface area (Å²) >= 11 is 11.7. The number of amides is 1. The minimum absolute atomic E-state index is 0.175. The average molecular weight is 285 g/mol. The van der Waals surface area contributed by atoms with Crippen molar-refractivity contribution < 1.29 is 4.79 Å². The quantitative estimate of drug-likeness (QED) is 0.922. The number of benzene rings is 1. The topological polar surface area (TPSA) is 52.9 Å². The molecule has 0 bridgehead atoms. The van der Waals surface area contributed by atoms with Crippen LogP contribution < -0.4 is 5.32 Å². The van der Waals surface area contributed by atoms with Gasteiger partial charge in [0.05, 0.1) is 22.5 Å². The Morgan fingerprint density at radius 2 is 2.11 bits per heavy atom. The number of hydrogen-bond donors (Lipinski definition) is 1. The number of nitrogens with zero attached hydrogens (tertiary/aromatic N) is 1. The lowest BCUT2D eigenvalue weighted by molar-refractivity contribution is -0.121. The van der Waals surface area contributed by atoms with Crippen LogP contribution in [0.4, 0.5) is 0 Å². The van der Waals surface area contributed by atoms with Gasteiger partial charge in [-0.2, -0.15) is 5.26 Å². The van der Waals surface area contributed by atoms with Crippen molar-refractivity contribution in [3.63, 3.8) is 0 Å². The Morgan fingerprint density at radius 1 is 1.44 bits per heavy atom. The smallest absolute Gasteiger partial charge is 0.225 e. The molecular formula is C13H14Cl2N2O. The highest BCUT2D eigenvalue weighted by molar-refractivity contribution is 6.42. The predicted octanol–water partition coefficient (Wildman–Crippen LogP) is 3.34. The zero-order valence-corrected chi connectivity index (χ0v) is 11.8. The number of nitriles is 1. The summed E-state index contributed by atoms with van der Waals surface area (Å²) in [5.74, 6) is -0.209. The highest BCUT2D eigenvalue weighted by atomic mass is 35.5. The van der Waals surface area contributed by atoms with Crippen LogP contribution >= 0.6 is 23.2 Å². The maximum Gasteiger partial charge on any atom is 0.225 e. The normalized spacial score (nSPS) is 13.5. The molecule has 0 aliphatic heterocycles. The van der Waals surface area contributed by atoms with Crippen LogP contribution in [0.5, 0.6) is 0 Å². The van der Waals surface area contributed by atoms with Gasteiger partial charge < -0.3 is 5.32 Å². The Bertz CT molecular complexity index is 496. The zero-order chi connectivity index (χ0) is 13.8. The van der Waals surface area contributed by atoms with Gasteiger partial charge >= 0.3 is 0 Å². The second kappa shape index (κ2) is 6.08. The Morgan fingerprint density at radius 3 is 2.61 bits per heavy atom. The van der Waals surface area contributed by atoms with Crippen molar-refractivity contribution >= 4 is 29.1 Å². The molecule has 0 aliphatic carbocycles. The van der Waals surface area contributed by atoms with E-state index in [-0.39, 0.29) is 12.3 Å². The summed E-state index contributed by atoms with van der Waals surface area (Å²) in [6.45, 7) is 3.54. The molecule has 0 saturated heterocycles. The first-order valence-corrected chi connectivity index (χ1v) is 6.32. The van der Waals surface area contributed by atoms with Crippen LogP contribution in [0.15, 0.2) is 18.2 Å². The van der Waals surface area contributed by atoms with E-state index in [1.807, 2.05) is 6.92 Å². The monoisotopic (exact) mass is 284 g/mol. The molecule has 1 amide bonds. The summed E-state index contributed by atoms with van der Waals surface area (Å²) < 4.78 is 0. The number of hydrogen-bond acceptors (Lipinski definition) is 2. The average Bonchev–Trinajstić information content (AvgIpc) is 2.33. The van der Waals surface area contributed by atoms with Crippen LogP contribution in [-0.2, 0) is 11.2 Å². The highest BCUT2D eigenvalue weighted by Gasteiger charge is 2.23. The Balaban J connectivity index is 2.71. The van der Waals surface area contributed by atoms with E-state index in [1.54, 1.807) is 25.1 Å². The molecule has 96 valence electrons. The van der Waals surface area contributed by atoms with Crippen LogP contribution in [0.2, 0.25) is 10.0 Å². The Kier molecular flexibility index (Phi) is 5.01. The van der Waals surface area contributed by atoms with Crippen molar-refractivity contribution in [2.24, 2.45) is 0 Å². The van der Waals surface area contributed by atoms with Crippen molar-refractivity contribution in [2.75, 3.05) is 0 Å². The van der Waals surface area contributed by atoms with E-state index in [0.717, 1.165) is 5.56 Å². The molecule has 0 radical (unpaired) electrons. The predicted molar refractivity (Wildman–Crippen MR) is 72.6 cm³/mol. The van der Waals surface area contributed by atoms with Gasteiger partial charge in [-0.05, 0) is 31.0 Å². The van der Waals surface area contributed by atoms with Crippen molar-refractivity contribution in [1.82, 2.24) is 5.32 Å². The molecule has 1 aromatic rings. The van der Waals surface area contributed by atoms with Gasteiger partial charge in [0.2, 0.25) is 5.91 Å². The lowest BCUT2D eigenvalue weighted by atomic mass is 10.0. The molecule has 1 unspecified atom stereocenters. The number of nitrogens with one attached hydrogen (secondary N) is 1. The van der Waals surface area contributed by atoms with Gasteiger partial charge in [-0.1, -0.05) is 36.2 Å². The van der Waals surface area contributed by atoms with E-state index >= 15 is 0 Å². The SMILES string of the molecule is CCC(C)(C#N)NC(=O)Cc1ccc(Cl)c(Cl)c1. The number of halogens is 2. The summed E-state index contributed by atoms with van der Waals surface area (Å²) in [5, 5.41) is 12.5. The molecule has 0 aromatic heterocycles. The third-order valence-corrected chi connectivity index (χ3v) is 3.46. The van der Waals surface area contributed by atoms with E-state index in [4.69, 9.17) is 28.5 Å². The summed E-state index contributed by atoms with van der Waals surface area (Å²) in [7, 11) is 0. The van der Waals surface area contributed by atoms with Gasteiger partial charge in [-0.3, -0.25) is 4.79 Å². The van der Waals surface area contributed by atoms with E-state index in [2.05, 4.69) is 11.4 Å². The summed E-state index contributed by atoms with van der Waals surface area (Å²) in [6.07, 6.45) is 0.727. The van der Waals surface area contributed by atoms with Crippen LogP contribution in [0.3, 0.4) is 0 Å². The van der Waals surface area contributed by atoms with Gasteiger partial charge in [-0.15, -0.1) is 0 Å². The fraction of sp³-hybridized carbons (Fsp3) is 0.385. The van der Waals surface area contributed by atoms with Gasteiger partial charge in [0, 0.05) is 0 Å². The maximum atomic E-state index is 11.8. The second-order valence-corrected chi connectivity index (χ2v) is 5.09. The standard InChI is InChI=1S/C13H14Cl2N2O/c1-3-13(2,8-16)17-12(18)7-9-4-5-10(14)11(15)6-9/h4-6H,3,7H2,1-2H3,(H,17,18). The van der Waals surface area contributed by atoms with Gasteiger partial charge in [0.1, 0.15) is 5.54 Å². The number of carbonyl (C=O) groups is 1. The van der Waals surface area contributed by atoms with Crippen molar-refractivity contribution in [2.45, 2.75) is 32.2 Å². The summed E-state index contributed by atoms with van der Waals surface area (Å²) in [5.41, 5.74) is -0.0638. The minimum atomic E-state index is -0.826. The molecule has 18 heavy (non-hydrogen) atoms. The molecule has 1 N–H and O–H groups in total. The minimum Gasteiger partial charge on any atom is -0.338 e. The molecule has 5 heteroatoms. The first-order chi connectivity index (χ1) is 8.40. The lowest BCUT2D eigenvalue weighted by Crippen LogP contribution is -2.44. The number of carbonyl (C=O) groups excluding carboxylic acids is 1.